The van der Waals surface area contributed by atoms with Crippen LogP contribution >= 0.6 is 11.6 Å². The van der Waals surface area contributed by atoms with Crippen LogP contribution in [0, 0.1) is 5.41 Å². The van der Waals surface area contributed by atoms with Crippen LogP contribution in [0.2, 0.25) is 5.28 Å². The van der Waals surface area contributed by atoms with Crippen molar-refractivity contribution in [2.45, 2.75) is 24.5 Å². The van der Waals surface area contributed by atoms with Crippen molar-refractivity contribution in [1.29, 1.82) is 5.41 Å². The molecule has 6 aromatic rings. The van der Waals surface area contributed by atoms with Gasteiger partial charge < -0.3 is 15.8 Å². The van der Waals surface area contributed by atoms with E-state index >= 15 is 0 Å². The maximum atomic E-state index is 12.8. The van der Waals surface area contributed by atoms with Crippen molar-refractivity contribution in [3.05, 3.63) is 101 Å². The summed E-state index contributed by atoms with van der Waals surface area (Å²) in [4.78, 5) is 8.40. The summed E-state index contributed by atoms with van der Waals surface area (Å²) >= 11 is 5.93. The minimum Gasteiger partial charge on any atom is -0.505 e. The summed E-state index contributed by atoms with van der Waals surface area (Å²) in [6.07, 6.45) is 0. The largest absolute Gasteiger partial charge is 0.505 e. The molecular formula is C35H29ClN12O17S6. The number of hydrogen-bond acceptors (Lipinski definition) is 23. The van der Waals surface area contributed by atoms with Gasteiger partial charge >= 0.3 is 0 Å². The van der Waals surface area contributed by atoms with Crippen molar-refractivity contribution in [3.63, 3.8) is 0 Å². The van der Waals surface area contributed by atoms with E-state index in [1.807, 2.05) is 0 Å². The van der Waals surface area contributed by atoms with Crippen LogP contribution in [0.4, 0.5) is 45.5 Å². The molecule has 0 aliphatic rings. The Balaban J connectivity index is 1.54. The molecule has 10 N–H and O–H groups in total. The fourth-order valence-corrected chi connectivity index (χ4v) is 11.2. The number of fused-ring (bicyclic) bond motifs is 1. The number of aromatic hydroxyl groups is 1. The highest BCUT2D eigenvalue weighted by Gasteiger charge is 2.29. The molecule has 0 aliphatic heterocycles. The third-order valence-electron chi connectivity index (χ3n) is 9.09. The molecule has 0 spiro atoms. The molecule has 6 rings (SSSR count). The van der Waals surface area contributed by atoms with Crippen molar-refractivity contribution in [2.24, 2.45) is 35.7 Å². The van der Waals surface area contributed by atoms with Crippen molar-refractivity contribution in [3.8, 4) is 5.75 Å². The maximum Gasteiger partial charge on any atom is 0.296 e. The minimum absolute atomic E-state index is 0.00742. The first-order valence-electron chi connectivity index (χ1n) is 18.5. The summed E-state index contributed by atoms with van der Waals surface area (Å²) in [5, 5.41) is 41.2. The lowest BCUT2D eigenvalue weighted by Crippen LogP contribution is -2.25. The van der Waals surface area contributed by atoms with E-state index < -0.39 is 147 Å². The van der Waals surface area contributed by atoms with Crippen LogP contribution in [0.3, 0.4) is 0 Å². The number of rotatable bonds is 16. The fourth-order valence-electron chi connectivity index (χ4n) is 5.85. The predicted octanol–water partition coefficient (Wildman–Crippen LogP) is 5.11. The highest BCUT2D eigenvalue weighted by molar-refractivity contribution is 7.94. The first-order valence-corrected chi connectivity index (χ1v) is 28.0. The number of nitrogens with zero attached hydrogens (tertiary/aromatic N) is 8. The van der Waals surface area contributed by atoms with Crippen LogP contribution in [0.5, 0.6) is 5.75 Å². The topological polar surface area (TPSA) is 487 Å². The number of hydrogen-bond donors (Lipinski definition) is 9. The van der Waals surface area contributed by atoms with E-state index in [0.29, 0.717) is 23.6 Å². The van der Waals surface area contributed by atoms with Crippen LogP contribution < -0.4 is 17.0 Å². The Kier molecular flexibility index (Phi) is 14.7. The zero-order chi connectivity index (χ0) is 52.6. The average Bonchev–Trinajstić information content (AvgIpc) is 3.25. The van der Waals surface area contributed by atoms with Gasteiger partial charge in [-0.1, -0.05) is 6.58 Å². The lowest BCUT2D eigenvalue weighted by Gasteiger charge is -2.14. The standard InChI is InChI=1S/C35H29ClN12O17S6/c1-2-66(50,51)20-7-3-18(4-8-20)43-45-23-16-25(69(57,58)59)24(15-22(23)39-35-41-33(36)40-34(38)42-35)46-48-31-27(71(63,64)65)14-17-13-26(70(60,61)62)30(29(37)28(17)32(31)49)47-44-19-5-9-21(10-6-19)67(52,53)11-12-68(54,55)56/h2-10,13-16,49H,1,11-12,37H2,(H,54,55,56)(H,57,58,59)(H,60,61,62)(H,63,64,65)(H3,38,39,40,41,42). The summed E-state index contributed by atoms with van der Waals surface area (Å²) in [5.41, 5.74) is 0.294. The molecular weight excluding hydrogens is 1090 g/mol. The molecule has 1 heterocycles. The van der Waals surface area contributed by atoms with Crippen molar-refractivity contribution in [1.82, 2.24) is 15.0 Å². The number of sulfone groups is 2. The molecule has 0 aliphatic carbocycles. The van der Waals surface area contributed by atoms with Gasteiger partial charge in [0.25, 0.3) is 40.5 Å². The van der Waals surface area contributed by atoms with Gasteiger partial charge in [0.05, 0.1) is 49.4 Å². The second-order valence-corrected chi connectivity index (χ2v) is 24.0. The first kappa shape index (κ1) is 53.3. The van der Waals surface area contributed by atoms with E-state index in [4.69, 9.17) is 27.3 Å². The number of H-pyrrole nitrogens is 2. The zero-order valence-corrected chi connectivity index (χ0v) is 40.4. The molecule has 29 nitrogen and oxygen atoms in total. The molecule has 5 aromatic carbocycles. The number of benzene rings is 5. The van der Waals surface area contributed by atoms with Crippen LogP contribution in [-0.2, 0) is 60.1 Å². The summed E-state index contributed by atoms with van der Waals surface area (Å²) < 4.78 is 188. The molecule has 374 valence electrons. The number of phenols is 1. The first-order chi connectivity index (χ1) is 32.8. The Morgan fingerprint density at radius 3 is 1.66 bits per heavy atom. The van der Waals surface area contributed by atoms with Crippen molar-refractivity contribution >= 4 is 128 Å². The Labute approximate surface area is 404 Å². The molecule has 0 atom stereocenters. The van der Waals surface area contributed by atoms with Crippen molar-refractivity contribution < 1.29 is 73.8 Å². The number of aromatic nitrogens is 3. The fraction of sp³-hybridized carbons (Fsp3) is 0.0571. The molecule has 0 bridgehead atoms. The maximum absolute atomic E-state index is 12.8. The van der Waals surface area contributed by atoms with Crippen LogP contribution in [-0.4, -0.2) is 100 Å². The van der Waals surface area contributed by atoms with Gasteiger partial charge in [0.2, 0.25) is 16.5 Å². The number of nitrogens with one attached hydrogen (secondary N) is 3. The molecule has 1 aromatic heterocycles. The van der Waals surface area contributed by atoms with E-state index in [-0.39, 0.29) is 27.2 Å². The molecule has 0 amide bonds. The van der Waals surface area contributed by atoms with Gasteiger partial charge in [-0.05, 0) is 89.8 Å². The molecule has 36 heteroatoms. The third kappa shape index (κ3) is 12.6. The molecule has 71 heavy (non-hydrogen) atoms. The van der Waals surface area contributed by atoms with Gasteiger partial charge in [-0.25, -0.2) is 21.8 Å². The van der Waals surface area contributed by atoms with Gasteiger partial charge in [-0.2, -0.15) is 48.9 Å². The van der Waals surface area contributed by atoms with E-state index in [2.05, 4.69) is 57.2 Å². The predicted molar refractivity (Wildman–Crippen MR) is 246 cm³/mol. The molecule has 0 fully saturated rings. The van der Waals surface area contributed by atoms with Crippen LogP contribution in [0.15, 0.2) is 145 Å². The van der Waals surface area contributed by atoms with Gasteiger partial charge in [-0.3, -0.25) is 28.6 Å². The zero-order valence-electron chi connectivity index (χ0n) is 34.7. The van der Waals surface area contributed by atoms with Gasteiger partial charge in [0, 0.05) is 5.41 Å². The average molecular weight is 1120 g/mol. The number of phenolic OH excluding ortho intramolecular Hbond substituents is 1. The van der Waals surface area contributed by atoms with Gasteiger partial charge in [0.15, 0.2) is 25.4 Å². The number of azo groups is 3. The lowest BCUT2D eigenvalue weighted by molar-refractivity contribution is 0.472. The van der Waals surface area contributed by atoms with E-state index in [1.165, 1.54) is 12.1 Å². The number of aromatic amines is 2. The third-order valence-corrected chi connectivity index (χ3v) is 16.0. The molecule has 0 saturated carbocycles. The SMILES string of the molecule is C=CS(=O)(=O)c1ccc(N=Nc2cc(S(=O)(=O)O)c(N=Nc3c(S(=O)(=O)O)cc4cc(S(=O)(=O)O)c(N=Nc5ccc(S(=O)(=O)CCS(=O)(=O)O)cc5)c(N)c4c3O)cc2N=c2[nH]c(Cl)nc(=N)[nH]2)cc1. The Morgan fingerprint density at radius 2 is 1.14 bits per heavy atom. The summed E-state index contributed by atoms with van der Waals surface area (Å²) in [5.74, 6) is -3.44. The molecule has 0 radical (unpaired) electrons. The minimum atomic E-state index is -5.53. The van der Waals surface area contributed by atoms with Crippen LogP contribution in [0.25, 0.3) is 10.8 Å². The number of nitrogen functional groups attached to an aromatic ring is 1. The van der Waals surface area contributed by atoms with Gasteiger partial charge in [0.1, 0.15) is 37.4 Å². The van der Waals surface area contributed by atoms with Crippen LogP contribution in [0.1, 0.15) is 0 Å². The second kappa shape index (κ2) is 19.6. The Morgan fingerprint density at radius 1 is 0.634 bits per heavy atom. The molecule has 0 saturated heterocycles. The number of nitrogens with two attached hydrogens (primary N) is 1. The summed E-state index contributed by atoms with van der Waals surface area (Å²) in [6.45, 7) is 3.24. The van der Waals surface area contributed by atoms with E-state index in [0.717, 1.165) is 42.5 Å². The summed E-state index contributed by atoms with van der Waals surface area (Å²) in [7, 11) is -29.1. The highest BCUT2D eigenvalue weighted by Crippen LogP contribution is 2.49. The lowest BCUT2D eigenvalue weighted by atomic mass is 10.1. The Hall–Kier alpha value is -7.06. The normalized spacial score (nSPS) is 13.5. The van der Waals surface area contributed by atoms with E-state index in [9.17, 15) is 69.3 Å². The van der Waals surface area contributed by atoms with Gasteiger partial charge in [-0.15, -0.1) is 20.5 Å². The van der Waals surface area contributed by atoms with E-state index in [1.54, 1.807) is 0 Å². The monoisotopic (exact) mass is 1120 g/mol. The summed E-state index contributed by atoms with van der Waals surface area (Å²) in [6, 6.07) is 11.1. The van der Waals surface area contributed by atoms with Crippen molar-refractivity contribution in [2.75, 3.05) is 17.2 Å². The number of halogens is 1. The number of anilines is 1. The smallest absolute Gasteiger partial charge is 0.296 e. The molecule has 0 unspecified atom stereocenters. The highest BCUT2D eigenvalue weighted by atomic mass is 35.5. The second-order valence-electron chi connectivity index (χ2n) is 13.9. The Bertz CT molecular complexity index is 4150. The quantitative estimate of drug-likeness (QED) is 0.0345.